The molecule has 0 aliphatic carbocycles. The Bertz CT molecular complexity index is 1180. The molecule has 0 bridgehead atoms. The van der Waals surface area contributed by atoms with E-state index in [4.69, 9.17) is 14.6 Å². The molecule has 0 heterocycles. The summed E-state index contributed by atoms with van der Waals surface area (Å²) in [6.07, 6.45) is 3.38. The van der Waals surface area contributed by atoms with Crippen molar-refractivity contribution in [1.82, 2.24) is 0 Å². The van der Waals surface area contributed by atoms with Gasteiger partial charge in [0.2, 0.25) is 0 Å². The topological polar surface area (TPSA) is 58.9 Å². The second-order valence-corrected chi connectivity index (χ2v) is 8.24. The number of phenols is 1. The van der Waals surface area contributed by atoms with Crippen LogP contribution in [0.15, 0.2) is 97.1 Å². The zero-order valence-corrected chi connectivity index (χ0v) is 19.2. The van der Waals surface area contributed by atoms with E-state index in [1.807, 2.05) is 78.9 Å². The monoisotopic (exact) mass is 454 g/mol. The molecule has 4 nitrogen and oxygen atoms in total. The van der Waals surface area contributed by atoms with Gasteiger partial charge < -0.3 is 19.7 Å². The van der Waals surface area contributed by atoms with Crippen LogP contribution in [0.5, 0.6) is 23.0 Å². The zero-order valence-electron chi connectivity index (χ0n) is 19.2. The summed E-state index contributed by atoms with van der Waals surface area (Å²) in [6, 6.07) is 31.4. The van der Waals surface area contributed by atoms with Gasteiger partial charge in [-0.3, -0.25) is 0 Å². The second kappa shape index (κ2) is 11.9. The van der Waals surface area contributed by atoms with Crippen LogP contribution in [0.4, 0.5) is 0 Å². The number of aromatic hydroxyl groups is 1. The van der Waals surface area contributed by atoms with Gasteiger partial charge in [0.1, 0.15) is 23.0 Å². The number of para-hydroxylation sites is 1. The van der Waals surface area contributed by atoms with E-state index in [1.54, 1.807) is 6.07 Å². The second-order valence-electron chi connectivity index (χ2n) is 8.24. The number of aliphatic hydroxyl groups is 1. The van der Waals surface area contributed by atoms with E-state index >= 15 is 0 Å². The van der Waals surface area contributed by atoms with Crippen molar-refractivity contribution in [3.63, 3.8) is 0 Å². The smallest absolute Gasteiger partial charge is 0.128 e. The summed E-state index contributed by atoms with van der Waals surface area (Å²) in [5.74, 6) is 2.68. The Hall–Kier alpha value is -3.76. The number of rotatable bonds is 11. The molecule has 0 spiro atoms. The van der Waals surface area contributed by atoms with Crippen molar-refractivity contribution in [2.75, 3.05) is 13.2 Å². The number of phenolic OH excluding ortho intramolecular Hbond substituents is 1. The Morgan fingerprint density at radius 2 is 1.32 bits per heavy atom. The molecular weight excluding hydrogens is 424 g/mol. The molecule has 2 N–H and O–H groups in total. The normalized spacial score (nSPS) is 10.7. The first kappa shape index (κ1) is 23.4. The van der Waals surface area contributed by atoms with Crippen LogP contribution in [0.1, 0.15) is 30.4 Å². The molecule has 4 rings (SSSR count). The molecule has 0 aromatic heterocycles. The molecule has 0 unspecified atom stereocenters. The lowest BCUT2D eigenvalue weighted by molar-refractivity contribution is 0.266. The van der Waals surface area contributed by atoms with Gasteiger partial charge in [0.15, 0.2) is 0 Å². The fourth-order valence-electron chi connectivity index (χ4n) is 3.78. The Labute approximate surface area is 201 Å². The lowest BCUT2D eigenvalue weighted by Gasteiger charge is -2.11. The largest absolute Gasteiger partial charge is 0.508 e. The van der Waals surface area contributed by atoms with Crippen molar-refractivity contribution in [3.05, 3.63) is 108 Å². The third-order valence-corrected chi connectivity index (χ3v) is 5.62. The SMILES string of the molecule is OCCCCCOc1cccc(-c2cccc(Oc3ccc(Cc4ccccc4O)cc3)c2)c1. The van der Waals surface area contributed by atoms with Crippen molar-refractivity contribution in [3.8, 4) is 34.1 Å². The summed E-state index contributed by atoms with van der Waals surface area (Å²) >= 11 is 0. The van der Waals surface area contributed by atoms with Gasteiger partial charge in [0.25, 0.3) is 0 Å². The van der Waals surface area contributed by atoms with Gasteiger partial charge in [-0.05, 0) is 84.0 Å². The summed E-state index contributed by atoms with van der Waals surface area (Å²) in [4.78, 5) is 0. The van der Waals surface area contributed by atoms with E-state index in [2.05, 4.69) is 12.1 Å². The van der Waals surface area contributed by atoms with Gasteiger partial charge in [-0.15, -0.1) is 0 Å². The fourth-order valence-corrected chi connectivity index (χ4v) is 3.78. The Kier molecular flexibility index (Phi) is 8.20. The Morgan fingerprint density at radius 1 is 0.618 bits per heavy atom. The number of hydrogen-bond acceptors (Lipinski definition) is 4. The van der Waals surface area contributed by atoms with Crippen LogP contribution in [0.3, 0.4) is 0 Å². The predicted molar refractivity (Wildman–Crippen MR) is 136 cm³/mol. The molecule has 174 valence electrons. The highest BCUT2D eigenvalue weighted by Gasteiger charge is 2.05. The van der Waals surface area contributed by atoms with Gasteiger partial charge in [-0.25, -0.2) is 0 Å². The summed E-state index contributed by atoms with van der Waals surface area (Å²) in [6.45, 7) is 0.878. The molecule has 0 amide bonds. The van der Waals surface area contributed by atoms with Gasteiger partial charge in [-0.2, -0.15) is 0 Å². The van der Waals surface area contributed by atoms with Gasteiger partial charge in [0, 0.05) is 13.0 Å². The Balaban J connectivity index is 1.39. The van der Waals surface area contributed by atoms with E-state index in [0.29, 0.717) is 18.8 Å². The standard InChI is InChI=1S/C30H30O4/c31-18-4-1-5-19-33-28-11-6-9-24(21-28)25-10-7-12-29(22-25)34-27-16-14-23(15-17-27)20-26-8-2-3-13-30(26)32/h2-3,6-17,21-22,31-32H,1,4-5,18-20H2. The number of hydrogen-bond donors (Lipinski definition) is 2. The van der Waals surface area contributed by atoms with Gasteiger partial charge >= 0.3 is 0 Å². The quantitative estimate of drug-likeness (QED) is 0.240. The minimum atomic E-state index is 0.232. The molecule has 0 radical (unpaired) electrons. The molecule has 0 fully saturated rings. The third-order valence-electron chi connectivity index (χ3n) is 5.62. The number of benzene rings is 4. The third kappa shape index (κ3) is 6.63. The van der Waals surface area contributed by atoms with Crippen LogP contribution in [0.2, 0.25) is 0 Å². The fraction of sp³-hybridized carbons (Fsp3) is 0.200. The van der Waals surface area contributed by atoms with E-state index in [-0.39, 0.29) is 6.61 Å². The molecule has 0 aliphatic heterocycles. The highest BCUT2D eigenvalue weighted by atomic mass is 16.5. The summed E-state index contributed by atoms with van der Waals surface area (Å²) < 4.78 is 12.0. The molecule has 34 heavy (non-hydrogen) atoms. The first-order valence-corrected chi connectivity index (χ1v) is 11.7. The molecule has 0 atom stereocenters. The highest BCUT2D eigenvalue weighted by Crippen LogP contribution is 2.30. The van der Waals surface area contributed by atoms with Crippen molar-refractivity contribution < 1.29 is 19.7 Å². The van der Waals surface area contributed by atoms with Crippen molar-refractivity contribution in [1.29, 1.82) is 0 Å². The lowest BCUT2D eigenvalue weighted by atomic mass is 10.0. The van der Waals surface area contributed by atoms with Crippen molar-refractivity contribution >= 4 is 0 Å². The van der Waals surface area contributed by atoms with Crippen LogP contribution >= 0.6 is 0 Å². The molecule has 4 heteroatoms. The van der Waals surface area contributed by atoms with Crippen molar-refractivity contribution in [2.24, 2.45) is 0 Å². The van der Waals surface area contributed by atoms with Crippen LogP contribution in [-0.4, -0.2) is 23.4 Å². The maximum absolute atomic E-state index is 9.99. The first-order chi connectivity index (χ1) is 16.7. The van der Waals surface area contributed by atoms with E-state index in [1.165, 1.54) is 0 Å². The molecule has 0 aliphatic rings. The first-order valence-electron chi connectivity index (χ1n) is 11.7. The van der Waals surface area contributed by atoms with Gasteiger partial charge in [-0.1, -0.05) is 54.6 Å². The number of aliphatic hydroxyl groups excluding tert-OH is 1. The predicted octanol–water partition coefficient (Wildman–Crippen LogP) is 6.98. The number of ether oxygens (including phenoxy) is 2. The van der Waals surface area contributed by atoms with E-state index in [0.717, 1.165) is 58.8 Å². The van der Waals surface area contributed by atoms with Crippen molar-refractivity contribution in [2.45, 2.75) is 25.7 Å². The molecular formula is C30H30O4. The zero-order chi connectivity index (χ0) is 23.6. The summed E-state index contributed by atoms with van der Waals surface area (Å²) in [5.41, 5.74) is 4.13. The van der Waals surface area contributed by atoms with Crippen LogP contribution in [0, 0.1) is 0 Å². The van der Waals surface area contributed by atoms with E-state index in [9.17, 15) is 5.11 Å². The van der Waals surface area contributed by atoms with Crippen LogP contribution in [-0.2, 0) is 6.42 Å². The van der Waals surface area contributed by atoms with Gasteiger partial charge in [0.05, 0.1) is 6.61 Å². The molecule has 4 aromatic rings. The highest BCUT2D eigenvalue weighted by molar-refractivity contribution is 5.66. The molecule has 0 saturated carbocycles. The summed E-state index contributed by atoms with van der Waals surface area (Å²) in [7, 11) is 0. The maximum Gasteiger partial charge on any atom is 0.128 e. The number of unbranched alkanes of at least 4 members (excludes halogenated alkanes) is 2. The maximum atomic E-state index is 9.99. The summed E-state index contributed by atoms with van der Waals surface area (Å²) in [5, 5.41) is 18.9. The van der Waals surface area contributed by atoms with Crippen LogP contribution < -0.4 is 9.47 Å². The lowest BCUT2D eigenvalue weighted by Crippen LogP contribution is -1.98. The molecule has 4 aromatic carbocycles. The van der Waals surface area contributed by atoms with E-state index < -0.39 is 0 Å². The average molecular weight is 455 g/mol. The minimum Gasteiger partial charge on any atom is -0.508 e. The average Bonchev–Trinajstić information content (AvgIpc) is 2.87. The molecule has 0 saturated heterocycles. The van der Waals surface area contributed by atoms with Crippen LogP contribution in [0.25, 0.3) is 11.1 Å². The minimum absolute atomic E-state index is 0.232. The Morgan fingerprint density at radius 3 is 2.06 bits per heavy atom.